The van der Waals surface area contributed by atoms with Crippen molar-refractivity contribution >= 4 is 11.3 Å². The van der Waals surface area contributed by atoms with Crippen molar-refractivity contribution in [3.8, 4) is 0 Å². The highest BCUT2D eigenvalue weighted by atomic mass is 32.1. The van der Waals surface area contributed by atoms with Gasteiger partial charge >= 0.3 is 0 Å². The summed E-state index contributed by atoms with van der Waals surface area (Å²) in [5, 5.41) is 6.95. The van der Waals surface area contributed by atoms with Crippen LogP contribution in [0.3, 0.4) is 0 Å². The van der Waals surface area contributed by atoms with Crippen molar-refractivity contribution in [1.29, 1.82) is 0 Å². The van der Waals surface area contributed by atoms with Crippen LogP contribution in [-0.4, -0.2) is 18.1 Å². The second kappa shape index (κ2) is 7.02. The van der Waals surface area contributed by atoms with Gasteiger partial charge in [-0.15, -0.1) is 11.3 Å². The maximum absolute atomic E-state index is 4.53. The molecule has 0 radical (unpaired) electrons. The van der Waals surface area contributed by atoms with Crippen molar-refractivity contribution in [2.75, 3.05) is 13.1 Å². The third-order valence-corrected chi connectivity index (χ3v) is 4.29. The minimum absolute atomic E-state index is 0.535. The molecule has 0 aromatic carbocycles. The summed E-state index contributed by atoms with van der Waals surface area (Å²) in [5.41, 5.74) is 1.15. The monoisotopic (exact) mass is 240 g/mol. The van der Waals surface area contributed by atoms with E-state index in [1.54, 1.807) is 11.3 Å². The van der Waals surface area contributed by atoms with E-state index in [4.69, 9.17) is 0 Å². The Labute approximate surface area is 103 Å². The fourth-order valence-corrected chi connectivity index (χ4v) is 2.62. The molecule has 0 saturated carbocycles. The molecular formula is C13H24N2S. The van der Waals surface area contributed by atoms with Crippen LogP contribution in [0, 0.1) is 12.8 Å². The molecule has 1 aromatic heterocycles. The molecule has 1 N–H and O–H groups in total. The number of aryl methyl sites for hydroxylation is 1. The highest BCUT2D eigenvalue weighted by molar-refractivity contribution is 7.09. The number of hydrogen-bond donors (Lipinski definition) is 1. The SMILES string of the molecule is CCC(CC)CNCC(C)c1nc(C)cs1. The first-order valence-corrected chi connectivity index (χ1v) is 7.18. The van der Waals surface area contributed by atoms with Crippen molar-refractivity contribution in [3.63, 3.8) is 0 Å². The zero-order valence-corrected chi connectivity index (χ0v) is 11.7. The minimum Gasteiger partial charge on any atom is -0.316 e. The highest BCUT2D eigenvalue weighted by Gasteiger charge is 2.10. The molecule has 0 aliphatic rings. The van der Waals surface area contributed by atoms with Crippen molar-refractivity contribution < 1.29 is 0 Å². The number of nitrogens with zero attached hydrogens (tertiary/aromatic N) is 1. The predicted molar refractivity (Wildman–Crippen MR) is 72.2 cm³/mol. The van der Waals surface area contributed by atoms with Crippen molar-refractivity contribution in [1.82, 2.24) is 10.3 Å². The van der Waals surface area contributed by atoms with E-state index in [0.717, 1.165) is 24.7 Å². The Morgan fingerprint density at radius 3 is 2.50 bits per heavy atom. The van der Waals surface area contributed by atoms with Crippen molar-refractivity contribution in [3.05, 3.63) is 16.1 Å². The number of aromatic nitrogens is 1. The molecule has 92 valence electrons. The standard InChI is InChI=1S/C13H24N2S/c1-5-12(6-2)8-14-7-10(3)13-15-11(4)9-16-13/h9-10,12,14H,5-8H2,1-4H3. The molecule has 1 unspecified atom stereocenters. The van der Waals surface area contributed by atoms with Crippen molar-refractivity contribution in [2.45, 2.75) is 46.5 Å². The van der Waals surface area contributed by atoms with Crippen LogP contribution in [0.5, 0.6) is 0 Å². The first kappa shape index (κ1) is 13.7. The summed E-state index contributed by atoms with van der Waals surface area (Å²) < 4.78 is 0. The molecule has 0 aliphatic heterocycles. The zero-order valence-electron chi connectivity index (χ0n) is 10.9. The molecule has 3 heteroatoms. The minimum atomic E-state index is 0.535. The van der Waals surface area contributed by atoms with Crippen LogP contribution in [0.15, 0.2) is 5.38 Å². The summed E-state index contributed by atoms with van der Waals surface area (Å²) in [6.45, 7) is 11.0. The molecular weight excluding hydrogens is 216 g/mol. The molecule has 0 fully saturated rings. The zero-order chi connectivity index (χ0) is 12.0. The van der Waals surface area contributed by atoms with E-state index in [2.05, 4.69) is 43.4 Å². The molecule has 0 amide bonds. The predicted octanol–water partition coefficient (Wildman–Crippen LogP) is 3.58. The van der Waals surface area contributed by atoms with Crippen LogP contribution in [0.25, 0.3) is 0 Å². The lowest BCUT2D eigenvalue weighted by atomic mass is 10.0. The summed E-state index contributed by atoms with van der Waals surface area (Å²) in [5.74, 6) is 1.36. The van der Waals surface area contributed by atoms with E-state index in [1.807, 2.05) is 0 Å². The number of rotatable bonds is 7. The van der Waals surface area contributed by atoms with E-state index in [-0.39, 0.29) is 0 Å². The van der Waals surface area contributed by atoms with Gasteiger partial charge in [-0.05, 0) is 19.4 Å². The molecule has 1 heterocycles. The third-order valence-electron chi connectivity index (χ3n) is 3.10. The molecule has 1 aromatic rings. The second-order valence-electron chi connectivity index (χ2n) is 4.57. The Morgan fingerprint density at radius 1 is 1.31 bits per heavy atom. The summed E-state index contributed by atoms with van der Waals surface area (Å²) >= 11 is 1.78. The second-order valence-corrected chi connectivity index (χ2v) is 5.46. The maximum Gasteiger partial charge on any atom is 0.0969 e. The van der Waals surface area contributed by atoms with Gasteiger partial charge in [0.25, 0.3) is 0 Å². The lowest BCUT2D eigenvalue weighted by Crippen LogP contribution is -2.26. The van der Waals surface area contributed by atoms with E-state index >= 15 is 0 Å². The smallest absolute Gasteiger partial charge is 0.0969 e. The number of thiazole rings is 1. The molecule has 16 heavy (non-hydrogen) atoms. The normalized spacial score (nSPS) is 13.3. The molecule has 0 spiro atoms. The summed E-state index contributed by atoms with van der Waals surface area (Å²) in [4.78, 5) is 4.53. The fraction of sp³-hybridized carbons (Fsp3) is 0.769. The van der Waals surface area contributed by atoms with Crippen LogP contribution >= 0.6 is 11.3 Å². The maximum atomic E-state index is 4.53. The molecule has 2 nitrogen and oxygen atoms in total. The molecule has 0 bridgehead atoms. The van der Waals surface area contributed by atoms with E-state index < -0.39 is 0 Å². The number of hydrogen-bond acceptors (Lipinski definition) is 3. The Hall–Kier alpha value is -0.410. The van der Waals surface area contributed by atoms with Gasteiger partial charge in [0.1, 0.15) is 0 Å². The van der Waals surface area contributed by atoms with Gasteiger partial charge in [-0.2, -0.15) is 0 Å². The topological polar surface area (TPSA) is 24.9 Å². The first-order valence-electron chi connectivity index (χ1n) is 6.30. The van der Waals surface area contributed by atoms with Gasteiger partial charge in [0.2, 0.25) is 0 Å². The Kier molecular flexibility index (Phi) is 5.99. The largest absolute Gasteiger partial charge is 0.316 e. The average molecular weight is 240 g/mol. The third kappa shape index (κ3) is 4.22. The lowest BCUT2D eigenvalue weighted by molar-refractivity contribution is 0.442. The van der Waals surface area contributed by atoms with E-state index in [9.17, 15) is 0 Å². The highest BCUT2D eigenvalue weighted by Crippen LogP contribution is 2.19. The lowest BCUT2D eigenvalue weighted by Gasteiger charge is -2.15. The van der Waals surface area contributed by atoms with Gasteiger partial charge < -0.3 is 5.32 Å². The first-order chi connectivity index (χ1) is 7.67. The van der Waals surface area contributed by atoms with Gasteiger partial charge in [0.15, 0.2) is 0 Å². The van der Waals surface area contributed by atoms with Crippen LogP contribution in [0.4, 0.5) is 0 Å². The Bertz CT molecular complexity index is 292. The van der Waals surface area contributed by atoms with Gasteiger partial charge in [-0.1, -0.05) is 33.6 Å². The van der Waals surface area contributed by atoms with Crippen LogP contribution in [0.2, 0.25) is 0 Å². The number of nitrogens with one attached hydrogen (secondary N) is 1. The Balaban J connectivity index is 2.27. The summed E-state index contributed by atoms with van der Waals surface area (Å²) in [6, 6.07) is 0. The van der Waals surface area contributed by atoms with Gasteiger partial charge in [0.05, 0.1) is 5.01 Å². The molecule has 0 aliphatic carbocycles. The van der Waals surface area contributed by atoms with Crippen LogP contribution in [-0.2, 0) is 0 Å². The quantitative estimate of drug-likeness (QED) is 0.788. The average Bonchev–Trinajstić information content (AvgIpc) is 2.71. The van der Waals surface area contributed by atoms with E-state index in [0.29, 0.717) is 5.92 Å². The Morgan fingerprint density at radius 2 is 2.00 bits per heavy atom. The van der Waals surface area contributed by atoms with Crippen molar-refractivity contribution in [2.24, 2.45) is 5.92 Å². The summed E-state index contributed by atoms with van der Waals surface area (Å²) in [7, 11) is 0. The van der Waals surface area contributed by atoms with Gasteiger partial charge in [-0.3, -0.25) is 0 Å². The molecule has 1 rings (SSSR count). The fourth-order valence-electron chi connectivity index (χ4n) is 1.77. The van der Waals surface area contributed by atoms with Crippen LogP contribution < -0.4 is 5.32 Å². The van der Waals surface area contributed by atoms with Crippen LogP contribution in [0.1, 0.15) is 50.2 Å². The summed E-state index contributed by atoms with van der Waals surface area (Å²) in [6.07, 6.45) is 2.54. The van der Waals surface area contributed by atoms with Gasteiger partial charge in [0, 0.05) is 23.5 Å². The van der Waals surface area contributed by atoms with E-state index in [1.165, 1.54) is 17.8 Å². The van der Waals surface area contributed by atoms with Gasteiger partial charge in [-0.25, -0.2) is 4.98 Å². The molecule has 1 atom stereocenters. The molecule has 0 saturated heterocycles.